The second-order valence-corrected chi connectivity index (χ2v) is 7.56. The lowest BCUT2D eigenvalue weighted by molar-refractivity contribution is 0.0949. The minimum Gasteiger partial charge on any atom is -0.350 e. The first kappa shape index (κ1) is 24.4. The van der Waals surface area contributed by atoms with Gasteiger partial charge >= 0.3 is 0 Å². The fourth-order valence-corrected chi connectivity index (χ4v) is 3.32. The van der Waals surface area contributed by atoms with Crippen molar-refractivity contribution in [3.8, 4) is 18.2 Å². The van der Waals surface area contributed by atoms with Crippen molar-refractivity contribution in [2.24, 2.45) is 0 Å². The summed E-state index contributed by atoms with van der Waals surface area (Å²) in [6.45, 7) is 4.08. The summed E-state index contributed by atoms with van der Waals surface area (Å²) in [6, 6.07) is 18.2. The monoisotopic (exact) mass is 462 g/mol. The molecule has 0 aliphatic carbocycles. The highest BCUT2D eigenvalue weighted by atomic mass is 16.1. The van der Waals surface area contributed by atoms with E-state index in [2.05, 4.69) is 32.0 Å². The fraction of sp³-hybridized carbons (Fsp3) is 0.154. The van der Waals surface area contributed by atoms with E-state index in [1.54, 1.807) is 30.3 Å². The number of nitrogens with zero attached hydrogens (tertiary/aromatic N) is 5. The number of rotatable bonds is 8. The van der Waals surface area contributed by atoms with Crippen molar-refractivity contribution in [1.82, 2.24) is 15.3 Å². The summed E-state index contributed by atoms with van der Waals surface area (Å²) < 4.78 is 0. The molecule has 3 rings (SSSR count). The van der Waals surface area contributed by atoms with Crippen LogP contribution in [0.4, 0.5) is 23.1 Å². The predicted molar refractivity (Wildman–Crippen MR) is 133 cm³/mol. The van der Waals surface area contributed by atoms with Crippen molar-refractivity contribution in [1.29, 1.82) is 15.8 Å². The number of aromatic nitrogens is 2. The summed E-state index contributed by atoms with van der Waals surface area (Å²) in [5.74, 6) is 0.154. The molecule has 172 valence electrons. The van der Waals surface area contributed by atoms with E-state index in [9.17, 15) is 4.79 Å². The van der Waals surface area contributed by atoms with Crippen LogP contribution in [0, 0.1) is 47.8 Å². The Balaban J connectivity index is 1.95. The van der Waals surface area contributed by atoms with E-state index in [1.807, 2.05) is 38.1 Å². The van der Waals surface area contributed by atoms with Crippen LogP contribution in [-0.2, 0) is 0 Å². The number of benzene rings is 2. The molecule has 9 heteroatoms. The summed E-state index contributed by atoms with van der Waals surface area (Å²) in [4.78, 5) is 21.5. The largest absolute Gasteiger partial charge is 0.350 e. The van der Waals surface area contributed by atoms with Crippen molar-refractivity contribution in [2.75, 3.05) is 17.2 Å². The zero-order chi connectivity index (χ0) is 25.2. The van der Waals surface area contributed by atoms with Crippen LogP contribution in [0.1, 0.15) is 39.2 Å². The molecule has 1 amide bonds. The molecule has 0 fully saturated rings. The van der Waals surface area contributed by atoms with Crippen LogP contribution < -0.4 is 16.0 Å². The minimum atomic E-state index is -0.431. The quantitative estimate of drug-likeness (QED) is 0.324. The van der Waals surface area contributed by atoms with Gasteiger partial charge in [0.2, 0.25) is 5.95 Å². The number of carbonyl (C=O) groups is 1. The van der Waals surface area contributed by atoms with Gasteiger partial charge in [0.15, 0.2) is 0 Å². The molecule has 1 aromatic heterocycles. The first-order valence-corrected chi connectivity index (χ1v) is 10.7. The van der Waals surface area contributed by atoms with E-state index in [1.165, 1.54) is 12.1 Å². The zero-order valence-corrected chi connectivity index (χ0v) is 19.3. The smallest absolute Gasteiger partial charge is 0.270 e. The maximum atomic E-state index is 12.7. The number of carbonyl (C=O) groups excluding carboxylic acids is 1. The first-order chi connectivity index (χ1) is 16.9. The molecule has 3 aromatic rings. The van der Waals surface area contributed by atoms with Gasteiger partial charge in [-0.3, -0.25) is 4.79 Å². The molecule has 0 atom stereocenters. The van der Waals surface area contributed by atoms with E-state index < -0.39 is 5.91 Å². The second-order valence-electron chi connectivity index (χ2n) is 7.56. The number of nitriles is 3. The standard InChI is InChI=1S/C26H22N8O/c1-17-13-20(5-3-10-27)14-18(2)24(17)33-23-15-22(25(35)30-12-4-11-28)32-26(34-23)31-21-8-6-19(16-29)7-9-21/h3,5-9,13-15H,4,12H2,1-2H3,(H,30,35)(H2,31,32,33,34)/b5-3+. The van der Waals surface area contributed by atoms with E-state index in [4.69, 9.17) is 15.8 Å². The number of aryl methyl sites for hydroxylation is 2. The van der Waals surface area contributed by atoms with Gasteiger partial charge in [0.1, 0.15) is 11.5 Å². The average molecular weight is 463 g/mol. The average Bonchev–Trinajstić information content (AvgIpc) is 2.85. The third-order valence-corrected chi connectivity index (χ3v) is 4.91. The van der Waals surface area contributed by atoms with E-state index >= 15 is 0 Å². The highest BCUT2D eigenvalue weighted by molar-refractivity contribution is 5.93. The van der Waals surface area contributed by atoms with Crippen molar-refractivity contribution in [3.05, 3.63) is 76.5 Å². The number of amides is 1. The van der Waals surface area contributed by atoms with Gasteiger partial charge in [-0.25, -0.2) is 4.98 Å². The Morgan fingerprint density at radius 2 is 1.71 bits per heavy atom. The summed E-state index contributed by atoms with van der Waals surface area (Å²) in [6.07, 6.45) is 3.34. The Kier molecular flexibility index (Phi) is 8.10. The predicted octanol–water partition coefficient (Wildman–Crippen LogP) is 4.63. The summed E-state index contributed by atoms with van der Waals surface area (Å²) in [7, 11) is 0. The molecule has 0 aliphatic heterocycles. The summed E-state index contributed by atoms with van der Waals surface area (Å²) >= 11 is 0. The molecule has 0 aliphatic rings. The summed E-state index contributed by atoms with van der Waals surface area (Å²) in [5.41, 5.74) is 4.88. The Labute approximate surface area is 203 Å². The maximum absolute atomic E-state index is 12.7. The van der Waals surface area contributed by atoms with E-state index in [0.29, 0.717) is 17.1 Å². The topological polar surface area (TPSA) is 150 Å². The van der Waals surface area contributed by atoms with Crippen LogP contribution in [0.25, 0.3) is 6.08 Å². The highest BCUT2D eigenvalue weighted by Gasteiger charge is 2.14. The Morgan fingerprint density at radius 3 is 2.34 bits per heavy atom. The van der Waals surface area contributed by atoms with Gasteiger partial charge in [-0.2, -0.15) is 20.8 Å². The lowest BCUT2D eigenvalue weighted by Gasteiger charge is -2.15. The van der Waals surface area contributed by atoms with Crippen LogP contribution in [-0.4, -0.2) is 22.4 Å². The molecule has 1 heterocycles. The highest BCUT2D eigenvalue weighted by Crippen LogP contribution is 2.27. The van der Waals surface area contributed by atoms with Gasteiger partial charge in [-0.15, -0.1) is 0 Å². The van der Waals surface area contributed by atoms with Crippen LogP contribution >= 0.6 is 0 Å². The molecular formula is C26H22N8O. The van der Waals surface area contributed by atoms with Crippen LogP contribution in [0.5, 0.6) is 0 Å². The van der Waals surface area contributed by atoms with Crippen molar-refractivity contribution in [3.63, 3.8) is 0 Å². The van der Waals surface area contributed by atoms with Gasteiger partial charge in [0.25, 0.3) is 5.91 Å². The molecule has 9 nitrogen and oxygen atoms in total. The van der Waals surface area contributed by atoms with Gasteiger partial charge in [0.05, 0.1) is 30.2 Å². The third-order valence-electron chi connectivity index (χ3n) is 4.91. The van der Waals surface area contributed by atoms with Gasteiger partial charge < -0.3 is 16.0 Å². The SMILES string of the molecule is Cc1cc(/C=C/C#N)cc(C)c1Nc1cc(C(=O)NCCC#N)nc(Nc2ccc(C#N)cc2)n1. The number of anilines is 4. The number of hydrogen-bond donors (Lipinski definition) is 3. The van der Waals surface area contributed by atoms with Gasteiger partial charge in [-0.05, 0) is 73.0 Å². The normalized spacial score (nSPS) is 10.1. The molecule has 0 saturated heterocycles. The fourth-order valence-electron chi connectivity index (χ4n) is 3.32. The molecule has 2 aromatic carbocycles. The van der Waals surface area contributed by atoms with Crippen LogP contribution in [0.3, 0.4) is 0 Å². The molecule has 0 radical (unpaired) electrons. The molecule has 0 unspecified atom stereocenters. The molecule has 3 N–H and O–H groups in total. The van der Waals surface area contributed by atoms with Gasteiger partial charge in [0, 0.05) is 30.1 Å². The summed E-state index contributed by atoms with van der Waals surface area (Å²) in [5, 5.41) is 35.5. The Morgan fingerprint density at radius 1 is 1.00 bits per heavy atom. The molecule has 0 saturated carbocycles. The Bertz CT molecular complexity index is 1370. The lowest BCUT2D eigenvalue weighted by atomic mass is 10.0. The van der Waals surface area contributed by atoms with Crippen LogP contribution in [0.2, 0.25) is 0 Å². The number of nitrogens with one attached hydrogen (secondary N) is 3. The zero-order valence-electron chi connectivity index (χ0n) is 19.3. The number of allylic oxidation sites excluding steroid dienone is 1. The third kappa shape index (κ3) is 6.64. The molecule has 0 bridgehead atoms. The van der Waals surface area contributed by atoms with E-state index in [-0.39, 0.29) is 24.6 Å². The Hall–Kier alpha value is -5.20. The van der Waals surface area contributed by atoms with Gasteiger partial charge in [-0.1, -0.05) is 0 Å². The molecule has 0 spiro atoms. The van der Waals surface area contributed by atoms with E-state index in [0.717, 1.165) is 22.4 Å². The van der Waals surface area contributed by atoms with Crippen molar-refractivity contribution < 1.29 is 4.79 Å². The molecular weight excluding hydrogens is 440 g/mol. The van der Waals surface area contributed by atoms with Crippen molar-refractivity contribution in [2.45, 2.75) is 20.3 Å². The minimum absolute atomic E-state index is 0.125. The van der Waals surface area contributed by atoms with Crippen LogP contribution in [0.15, 0.2) is 48.5 Å². The maximum Gasteiger partial charge on any atom is 0.270 e. The van der Waals surface area contributed by atoms with Crippen molar-refractivity contribution >= 4 is 35.1 Å². The molecule has 35 heavy (non-hydrogen) atoms. The lowest BCUT2D eigenvalue weighted by Crippen LogP contribution is -2.25. The second kappa shape index (κ2) is 11.6. The number of hydrogen-bond acceptors (Lipinski definition) is 8. The first-order valence-electron chi connectivity index (χ1n) is 10.7.